The third-order valence-electron chi connectivity index (χ3n) is 3.48. The number of thioether (sulfide) groups is 1. The van der Waals surface area contributed by atoms with E-state index >= 15 is 0 Å². The first-order valence-corrected chi connectivity index (χ1v) is 7.48. The monoisotopic (exact) mass is 271 g/mol. The second-order valence-corrected chi connectivity index (χ2v) is 6.09. The van der Waals surface area contributed by atoms with Crippen LogP contribution in [0.4, 0.5) is 8.78 Å². The normalized spacial score (nSPS) is 21.8. The molecule has 1 aromatic carbocycles. The molecule has 0 spiro atoms. The average Bonchev–Trinajstić information content (AvgIpc) is 2.41. The van der Waals surface area contributed by atoms with Gasteiger partial charge in [-0.2, -0.15) is 11.8 Å². The van der Waals surface area contributed by atoms with Gasteiger partial charge in [0.2, 0.25) is 0 Å². The van der Waals surface area contributed by atoms with Crippen molar-refractivity contribution in [2.75, 3.05) is 12.8 Å². The van der Waals surface area contributed by atoms with Crippen molar-refractivity contribution in [3.8, 4) is 0 Å². The van der Waals surface area contributed by atoms with Crippen LogP contribution < -0.4 is 5.32 Å². The Kier molecular flexibility index (Phi) is 5.01. The molecule has 2 atom stereocenters. The number of benzene rings is 1. The highest BCUT2D eigenvalue weighted by Crippen LogP contribution is 2.29. The van der Waals surface area contributed by atoms with Gasteiger partial charge in [-0.3, -0.25) is 0 Å². The molecule has 1 saturated heterocycles. The zero-order valence-corrected chi connectivity index (χ0v) is 11.4. The van der Waals surface area contributed by atoms with E-state index in [0.717, 1.165) is 6.42 Å². The lowest BCUT2D eigenvalue weighted by Crippen LogP contribution is -2.39. The Labute approximate surface area is 111 Å². The van der Waals surface area contributed by atoms with Crippen LogP contribution in [-0.2, 0) is 6.42 Å². The molecule has 2 rings (SSSR count). The maximum atomic E-state index is 13.6. The van der Waals surface area contributed by atoms with Gasteiger partial charge >= 0.3 is 0 Å². The van der Waals surface area contributed by atoms with Crippen LogP contribution in [0.2, 0.25) is 0 Å². The molecule has 100 valence electrons. The molecule has 18 heavy (non-hydrogen) atoms. The molecular formula is C14H19F2NS. The average molecular weight is 271 g/mol. The van der Waals surface area contributed by atoms with Crippen LogP contribution in [-0.4, -0.2) is 24.1 Å². The summed E-state index contributed by atoms with van der Waals surface area (Å²) in [5.41, 5.74) is 0.473. The summed E-state index contributed by atoms with van der Waals surface area (Å²) in [6.45, 7) is 0. The smallest absolute Gasteiger partial charge is 0.126 e. The molecule has 1 fully saturated rings. The SMILES string of the molecule is CNC(Cc1cc(F)ccc1F)C1CCCCS1. The van der Waals surface area contributed by atoms with E-state index in [1.165, 1.54) is 36.8 Å². The van der Waals surface area contributed by atoms with E-state index in [4.69, 9.17) is 0 Å². The molecule has 1 aliphatic rings. The van der Waals surface area contributed by atoms with E-state index in [1.807, 2.05) is 18.8 Å². The molecule has 1 aromatic rings. The Balaban J connectivity index is 2.06. The molecule has 0 saturated carbocycles. The number of hydrogen-bond acceptors (Lipinski definition) is 2. The van der Waals surface area contributed by atoms with Gasteiger partial charge in [-0.25, -0.2) is 8.78 Å². The van der Waals surface area contributed by atoms with Crippen LogP contribution >= 0.6 is 11.8 Å². The summed E-state index contributed by atoms with van der Waals surface area (Å²) < 4.78 is 26.8. The molecule has 1 N–H and O–H groups in total. The first-order valence-electron chi connectivity index (χ1n) is 6.43. The highest BCUT2D eigenvalue weighted by Gasteiger charge is 2.24. The minimum Gasteiger partial charge on any atom is -0.316 e. The summed E-state index contributed by atoms with van der Waals surface area (Å²) >= 11 is 1.95. The van der Waals surface area contributed by atoms with Gasteiger partial charge in [0.1, 0.15) is 11.6 Å². The van der Waals surface area contributed by atoms with Gasteiger partial charge in [0, 0.05) is 11.3 Å². The Morgan fingerprint density at radius 3 is 2.89 bits per heavy atom. The standard InChI is InChI=1S/C14H19F2NS/c1-17-13(14-4-2-3-7-18-14)9-10-8-11(15)5-6-12(10)16/h5-6,8,13-14,17H,2-4,7,9H2,1H3. The fraction of sp³-hybridized carbons (Fsp3) is 0.571. The molecule has 1 nitrogen and oxygen atoms in total. The number of rotatable bonds is 4. The lowest BCUT2D eigenvalue weighted by molar-refractivity contribution is 0.482. The highest BCUT2D eigenvalue weighted by molar-refractivity contribution is 8.00. The van der Waals surface area contributed by atoms with Gasteiger partial charge in [0.05, 0.1) is 0 Å². The van der Waals surface area contributed by atoms with Gasteiger partial charge in [-0.05, 0) is 55.8 Å². The van der Waals surface area contributed by atoms with Gasteiger partial charge in [-0.15, -0.1) is 0 Å². The number of hydrogen-bond donors (Lipinski definition) is 1. The summed E-state index contributed by atoms with van der Waals surface area (Å²) in [7, 11) is 1.90. The van der Waals surface area contributed by atoms with Gasteiger partial charge in [-0.1, -0.05) is 6.42 Å². The van der Waals surface area contributed by atoms with E-state index in [9.17, 15) is 8.78 Å². The van der Waals surface area contributed by atoms with Crippen LogP contribution in [0.25, 0.3) is 0 Å². The van der Waals surface area contributed by atoms with Crippen LogP contribution in [0.1, 0.15) is 24.8 Å². The molecule has 0 amide bonds. The summed E-state index contributed by atoms with van der Waals surface area (Å²) in [4.78, 5) is 0. The van der Waals surface area contributed by atoms with Crippen molar-refractivity contribution in [3.63, 3.8) is 0 Å². The summed E-state index contributed by atoms with van der Waals surface area (Å²) in [5.74, 6) is 0.504. The predicted octanol–water partition coefficient (Wildman–Crippen LogP) is 3.38. The fourth-order valence-electron chi connectivity index (χ4n) is 2.44. The molecule has 0 aliphatic carbocycles. The first-order chi connectivity index (χ1) is 8.70. The number of halogens is 2. The summed E-state index contributed by atoms with van der Waals surface area (Å²) in [6.07, 6.45) is 4.22. The summed E-state index contributed by atoms with van der Waals surface area (Å²) in [5, 5.41) is 3.76. The molecule has 4 heteroatoms. The van der Waals surface area contributed by atoms with Crippen molar-refractivity contribution in [1.29, 1.82) is 0 Å². The zero-order valence-electron chi connectivity index (χ0n) is 10.6. The van der Waals surface area contributed by atoms with Crippen LogP contribution in [0.15, 0.2) is 18.2 Å². The van der Waals surface area contributed by atoms with E-state index in [0.29, 0.717) is 17.2 Å². The molecular weight excluding hydrogens is 252 g/mol. The Hall–Kier alpha value is -0.610. The van der Waals surface area contributed by atoms with Gasteiger partial charge in [0.25, 0.3) is 0 Å². The quantitative estimate of drug-likeness (QED) is 0.901. The van der Waals surface area contributed by atoms with Gasteiger partial charge in [0.15, 0.2) is 0 Å². The third kappa shape index (κ3) is 3.45. The second kappa shape index (κ2) is 6.53. The van der Waals surface area contributed by atoms with E-state index in [1.54, 1.807) is 0 Å². The minimum absolute atomic E-state index is 0.214. The number of nitrogens with one attached hydrogen (secondary N) is 1. The topological polar surface area (TPSA) is 12.0 Å². The molecule has 0 aromatic heterocycles. The van der Waals surface area contributed by atoms with Crippen LogP contribution in [0.3, 0.4) is 0 Å². The van der Waals surface area contributed by atoms with Crippen LogP contribution in [0, 0.1) is 11.6 Å². The maximum absolute atomic E-state index is 13.6. The van der Waals surface area contributed by atoms with Crippen molar-refractivity contribution in [2.45, 2.75) is 37.0 Å². The molecule has 2 unspecified atom stereocenters. The number of likely N-dealkylation sites (N-methyl/N-ethyl adjacent to an activating group) is 1. The van der Waals surface area contributed by atoms with Gasteiger partial charge < -0.3 is 5.32 Å². The van der Waals surface area contributed by atoms with E-state index < -0.39 is 0 Å². The molecule has 1 heterocycles. The van der Waals surface area contributed by atoms with Crippen molar-refractivity contribution in [1.82, 2.24) is 5.32 Å². The zero-order chi connectivity index (χ0) is 13.0. The van der Waals surface area contributed by atoms with Crippen molar-refractivity contribution in [2.24, 2.45) is 0 Å². The maximum Gasteiger partial charge on any atom is 0.126 e. The second-order valence-electron chi connectivity index (χ2n) is 4.74. The van der Waals surface area contributed by atoms with Crippen molar-refractivity contribution >= 4 is 11.8 Å². The van der Waals surface area contributed by atoms with Crippen LogP contribution in [0.5, 0.6) is 0 Å². The summed E-state index contributed by atoms with van der Waals surface area (Å²) in [6, 6.07) is 3.91. The molecule has 1 aliphatic heterocycles. The Bertz CT molecular complexity index is 391. The fourth-order valence-corrected chi connectivity index (χ4v) is 3.91. The van der Waals surface area contributed by atoms with E-state index in [2.05, 4.69) is 5.32 Å². The van der Waals surface area contributed by atoms with Crippen molar-refractivity contribution < 1.29 is 8.78 Å². The lowest BCUT2D eigenvalue weighted by Gasteiger charge is -2.29. The highest BCUT2D eigenvalue weighted by atomic mass is 32.2. The lowest BCUT2D eigenvalue weighted by atomic mass is 9.99. The Morgan fingerprint density at radius 1 is 1.39 bits per heavy atom. The van der Waals surface area contributed by atoms with Crippen molar-refractivity contribution in [3.05, 3.63) is 35.4 Å². The first kappa shape index (κ1) is 13.8. The Morgan fingerprint density at radius 2 is 2.22 bits per heavy atom. The predicted molar refractivity (Wildman–Crippen MR) is 73.0 cm³/mol. The molecule has 0 bridgehead atoms. The minimum atomic E-state index is -0.363. The third-order valence-corrected chi connectivity index (χ3v) is 5.00. The largest absolute Gasteiger partial charge is 0.316 e. The molecule has 0 radical (unpaired) electrons. The van der Waals surface area contributed by atoms with E-state index in [-0.39, 0.29) is 17.7 Å².